The summed E-state index contributed by atoms with van der Waals surface area (Å²) in [7, 11) is -3.54. The largest absolute Gasteiger partial charge is 0.376 e. The summed E-state index contributed by atoms with van der Waals surface area (Å²) in [6, 6.07) is 10.5. The van der Waals surface area contributed by atoms with Gasteiger partial charge in [-0.2, -0.15) is 4.31 Å². The van der Waals surface area contributed by atoms with Crippen molar-refractivity contribution in [1.82, 2.24) is 9.29 Å². The average Bonchev–Trinajstić information content (AvgIpc) is 3.55. The molecule has 9 heteroatoms. The summed E-state index contributed by atoms with van der Waals surface area (Å²) in [6.07, 6.45) is 4.68. The number of sulfonamides is 1. The average molecular weight is 514 g/mol. The molecule has 2 aliphatic rings. The molecule has 3 heterocycles. The number of carbonyl (C=O) groups excluding carboxylic acids is 1. The van der Waals surface area contributed by atoms with Crippen molar-refractivity contribution >= 4 is 42.6 Å². The van der Waals surface area contributed by atoms with E-state index in [2.05, 4.69) is 19.9 Å². The van der Waals surface area contributed by atoms with E-state index >= 15 is 0 Å². The van der Waals surface area contributed by atoms with Crippen LogP contribution in [0.15, 0.2) is 41.3 Å². The van der Waals surface area contributed by atoms with Gasteiger partial charge in [-0.3, -0.25) is 9.69 Å². The minimum absolute atomic E-state index is 0.0347. The quantitative estimate of drug-likeness (QED) is 0.468. The second-order valence-electron chi connectivity index (χ2n) is 9.39. The van der Waals surface area contributed by atoms with Crippen molar-refractivity contribution in [1.29, 1.82) is 0 Å². The van der Waals surface area contributed by atoms with Crippen LogP contribution in [0.2, 0.25) is 0 Å². The summed E-state index contributed by atoms with van der Waals surface area (Å²) >= 11 is 1.50. The number of aromatic nitrogens is 1. The standard InChI is InChI=1S/C26H31N3O4S2/c1-18-8-13-23-24(19(18)2)27-26(34-23)29(17-21-7-6-16-33-21)25(30)20-9-11-22(12-10-20)35(31,32)28-14-4-3-5-15-28/h8-13,21H,3-7,14-17H2,1-2H3. The molecule has 0 saturated carbocycles. The van der Waals surface area contributed by atoms with Crippen LogP contribution in [0.3, 0.4) is 0 Å². The topological polar surface area (TPSA) is 79.8 Å². The number of anilines is 1. The second-order valence-corrected chi connectivity index (χ2v) is 12.3. The van der Waals surface area contributed by atoms with Crippen molar-refractivity contribution in [2.45, 2.75) is 57.0 Å². The number of nitrogens with zero attached hydrogens (tertiary/aromatic N) is 3. The number of benzene rings is 2. The Balaban J connectivity index is 1.45. The van der Waals surface area contributed by atoms with E-state index < -0.39 is 10.0 Å². The Kier molecular flexibility index (Phi) is 6.94. The van der Waals surface area contributed by atoms with Gasteiger partial charge in [0.15, 0.2) is 5.13 Å². The number of hydrogen-bond donors (Lipinski definition) is 0. The first kappa shape index (κ1) is 24.4. The molecule has 0 bridgehead atoms. The van der Waals surface area contributed by atoms with Gasteiger partial charge < -0.3 is 4.74 Å². The molecule has 1 unspecified atom stereocenters. The highest BCUT2D eigenvalue weighted by Gasteiger charge is 2.29. The van der Waals surface area contributed by atoms with Gasteiger partial charge >= 0.3 is 0 Å². The zero-order valence-electron chi connectivity index (χ0n) is 20.2. The van der Waals surface area contributed by atoms with E-state index in [1.807, 2.05) is 6.07 Å². The Morgan fingerprint density at radius 2 is 1.83 bits per heavy atom. The molecule has 1 atom stereocenters. The molecule has 2 fully saturated rings. The lowest BCUT2D eigenvalue weighted by Gasteiger charge is -2.26. The third-order valence-electron chi connectivity index (χ3n) is 7.01. The third kappa shape index (κ3) is 4.87. The van der Waals surface area contributed by atoms with Gasteiger partial charge in [0.05, 0.1) is 27.8 Å². The smallest absolute Gasteiger partial charge is 0.260 e. The van der Waals surface area contributed by atoms with Crippen LogP contribution in [0, 0.1) is 13.8 Å². The fourth-order valence-corrected chi connectivity index (χ4v) is 7.30. The van der Waals surface area contributed by atoms with Crippen LogP contribution in [0.4, 0.5) is 5.13 Å². The maximum Gasteiger partial charge on any atom is 0.260 e. The van der Waals surface area contributed by atoms with Gasteiger partial charge in [-0.1, -0.05) is 23.8 Å². The molecule has 2 aromatic carbocycles. The predicted octanol–water partition coefficient (Wildman–Crippen LogP) is 4.91. The molecule has 7 nitrogen and oxygen atoms in total. The number of piperidine rings is 1. The number of rotatable bonds is 6. The molecule has 186 valence electrons. The maximum atomic E-state index is 13.7. The minimum atomic E-state index is -3.54. The first-order chi connectivity index (χ1) is 16.8. The Morgan fingerprint density at radius 1 is 1.09 bits per heavy atom. The van der Waals surface area contributed by atoms with Crippen molar-refractivity contribution in [2.75, 3.05) is 31.1 Å². The number of ether oxygens (including phenoxy) is 1. The van der Waals surface area contributed by atoms with Crippen LogP contribution < -0.4 is 4.90 Å². The minimum Gasteiger partial charge on any atom is -0.376 e. The normalized spacial score (nSPS) is 19.3. The first-order valence-corrected chi connectivity index (χ1v) is 14.5. The lowest BCUT2D eigenvalue weighted by atomic mass is 10.1. The maximum absolute atomic E-state index is 13.7. The monoisotopic (exact) mass is 513 g/mol. The summed E-state index contributed by atoms with van der Waals surface area (Å²) in [5.41, 5.74) is 3.63. The second kappa shape index (κ2) is 9.97. The van der Waals surface area contributed by atoms with Crippen LogP contribution in [-0.2, 0) is 14.8 Å². The van der Waals surface area contributed by atoms with E-state index in [0.29, 0.717) is 36.9 Å². The van der Waals surface area contributed by atoms with Crippen LogP contribution in [-0.4, -0.2) is 56.0 Å². The van der Waals surface area contributed by atoms with Gasteiger partial charge in [0.1, 0.15) is 0 Å². The molecule has 0 spiro atoms. The molecule has 1 aromatic heterocycles. The van der Waals surface area contributed by atoms with Gasteiger partial charge in [-0.15, -0.1) is 0 Å². The summed E-state index contributed by atoms with van der Waals surface area (Å²) in [4.78, 5) is 20.5. The predicted molar refractivity (Wildman–Crippen MR) is 139 cm³/mol. The molecule has 0 N–H and O–H groups in total. The summed E-state index contributed by atoms with van der Waals surface area (Å²) in [6.45, 7) is 6.33. The zero-order chi connectivity index (χ0) is 24.6. The molecule has 3 aromatic rings. The van der Waals surface area contributed by atoms with Crippen molar-refractivity contribution in [3.63, 3.8) is 0 Å². The third-order valence-corrected chi connectivity index (χ3v) is 9.97. The number of thiazole rings is 1. The Bertz CT molecular complexity index is 1320. The molecular weight excluding hydrogens is 482 g/mol. The molecule has 5 rings (SSSR count). The summed E-state index contributed by atoms with van der Waals surface area (Å²) < 4.78 is 34.5. The van der Waals surface area contributed by atoms with Crippen molar-refractivity contribution in [3.8, 4) is 0 Å². The van der Waals surface area contributed by atoms with Crippen molar-refractivity contribution in [2.24, 2.45) is 0 Å². The van der Waals surface area contributed by atoms with Gasteiger partial charge in [0.2, 0.25) is 10.0 Å². The van der Waals surface area contributed by atoms with Gasteiger partial charge in [-0.25, -0.2) is 13.4 Å². The van der Waals surface area contributed by atoms with E-state index in [4.69, 9.17) is 9.72 Å². The molecule has 2 saturated heterocycles. The van der Waals surface area contributed by atoms with E-state index in [-0.39, 0.29) is 16.9 Å². The van der Waals surface area contributed by atoms with Crippen LogP contribution in [0.25, 0.3) is 10.2 Å². The zero-order valence-corrected chi connectivity index (χ0v) is 21.8. The van der Waals surface area contributed by atoms with E-state index in [0.717, 1.165) is 53.4 Å². The highest BCUT2D eigenvalue weighted by molar-refractivity contribution is 7.89. The van der Waals surface area contributed by atoms with Crippen LogP contribution >= 0.6 is 11.3 Å². The van der Waals surface area contributed by atoms with Crippen LogP contribution in [0.1, 0.15) is 53.6 Å². The Morgan fingerprint density at radius 3 is 2.51 bits per heavy atom. The van der Waals surface area contributed by atoms with Crippen molar-refractivity contribution in [3.05, 3.63) is 53.1 Å². The van der Waals surface area contributed by atoms with Gasteiger partial charge in [-0.05, 0) is 81.0 Å². The fourth-order valence-electron chi connectivity index (χ4n) is 4.75. The molecule has 2 aliphatic heterocycles. The lowest BCUT2D eigenvalue weighted by molar-refractivity contribution is 0.0917. The Hall–Kier alpha value is -2.33. The SMILES string of the molecule is Cc1ccc2sc(N(CC3CCCO3)C(=O)c3ccc(S(=O)(=O)N4CCCCC4)cc3)nc2c1C. The van der Waals surface area contributed by atoms with Crippen LogP contribution in [0.5, 0.6) is 0 Å². The van der Waals surface area contributed by atoms with E-state index in [1.165, 1.54) is 11.3 Å². The highest BCUT2D eigenvalue weighted by Crippen LogP contribution is 2.33. The molecule has 35 heavy (non-hydrogen) atoms. The molecule has 1 amide bonds. The lowest BCUT2D eigenvalue weighted by Crippen LogP contribution is -2.37. The number of carbonyl (C=O) groups is 1. The van der Waals surface area contributed by atoms with Crippen molar-refractivity contribution < 1.29 is 17.9 Å². The first-order valence-electron chi connectivity index (χ1n) is 12.2. The highest BCUT2D eigenvalue weighted by atomic mass is 32.2. The summed E-state index contributed by atoms with van der Waals surface area (Å²) in [5.74, 6) is -0.198. The molecular formula is C26H31N3O4S2. The summed E-state index contributed by atoms with van der Waals surface area (Å²) in [5, 5.41) is 0.638. The Labute approximate surface area is 210 Å². The molecule has 0 aliphatic carbocycles. The number of fused-ring (bicyclic) bond motifs is 1. The number of aryl methyl sites for hydroxylation is 2. The van der Waals surface area contributed by atoms with Gasteiger partial charge in [0, 0.05) is 25.3 Å². The van der Waals surface area contributed by atoms with Gasteiger partial charge in [0.25, 0.3) is 5.91 Å². The number of hydrogen-bond acceptors (Lipinski definition) is 6. The fraction of sp³-hybridized carbons (Fsp3) is 0.462. The van der Waals surface area contributed by atoms with E-state index in [9.17, 15) is 13.2 Å². The van der Waals surface area contributed by atoms with E-state index in [1.54, 1.807) is 33.5 Å². The number of amides is 1. The molecule has 0 radical (unpaired) electrons.